The SMILES string of the molecule is CC([O-])=N[C@H]1[C@H](OCCCCCN)O[C@H](COS(=O)(=O)O)[C@@H](O[C@@H]2O[C@H](CO)[C@H](O)[C@H](O)[C@H]2O)[C@@H]1O. The Morgan fingerprint density at radius 2 is 1.67 bits per heavy atom. The van der Waals surface area contributed by atoms with Crippen LogP contribution < -0.4 is 10.8 Å². The van der Waals surface area contributed by atoms with Gasteiger partial charge < -0.3 is 55.3 Å². The Kier molecular flexibility index (Phi) is 12.3. The van der Waals surface area contributed by atoms with Crippen molar-refractivity contribution in [3.8, 4) is 0 Å². The fourth-order valence-corrected chi connectivity index (χ4v) is 4.11. The Labute approximate surface area is 208 Å². The Balaban J connectivity index is 2.28. The summed E-state index contributed by atoms with van der Waals surface area (Å²) in [6.45, 7) is 0.0639. The molecular weight excluding hydrogens is 512 g/mol. The molecule has 0 spiro atoms. The standard InChI is InChI=1S/C19H36N2O14S/c1-9(23)21-12-14(25)17(35-19-16(27)15(26)13(24)10(7-22)33-19)11(8-32-36(28,29)30)34-18(12)31-6-4-2-3-5-20/h10-19,22,24-27H,2-8,20H2,1H3,(H,21,23)(H,28,29,30)/p-1/t10-,11-,12-,13+,14-,15+,16-,17-,18-,19+/m1/s1. The number of unbranched alkanes of at least 4 members (excludes halogenated alkanes) is 2. The van der Waals surface area contributed by atoms with Gasteiger partial charge in [0.05, 0.1) is 13.2 Å². The molecule has 0 unspecified atom stereocenters. The van der Waals surface area contributed by atoms with Crippen LogP contribution in [0.15, 0.2) is 4.99 Å². The number of ether oxygens (including phenoxy) is 4. The highest BCUT2D eigenvalue weighted by molar-refractivity contribution is 7.80. The van der Waals surface area contributed by atoms with Crippen molar-refractivity contribution in [2.24, 2.45) is 10.7 Å². The summed E-state index contributed by atoms with van der Waals surface area (Å²) in [6.07, 6.45) is -12.6. The van der Waals surface area contributed by atoms with Crippen molar-refractivity contribution < 1.29 is 66.7 Å². The molecule has 0 bridgehead atoms. The first-order chi connectivity index (χ1) is 16.9. The molecule has 0 amide bonds. The van der Waals surface area contributed by atoms with Gasteiger partial charge in [-0.15, -0.1) is 0 Å². The van der Waals surface area contributed by atoms with Crippen molar-refractivity contribution in [3.63, 3.8) is 0 Å². The molecule has 36 heavy (non-hydrogen) atoms. The Morgan fingerprint density at radius 1 is 1.00 bits per heavy atom. The quantitative estimate of drug-likeness (QED) is 0.0495. The summed E-state index contributed by atoms with van der Waals surface area (Å²) in [7, 11) is -4.95. The molecule has 0 aliphatic carbocycles. The van der Waals surface area contributed by atoms with Gasteiger partial charge in [-0.25, -0.2) is 4.18 Å². The van der Waals surface area contributed by atoms with Crippen molar-refractivity contribution in [2.75, 3.05) is 26.4 Å². The largest absolute Gasteiger partial charge is 0.862 e. The normalized spacial score (nSPS) is 38.3. The lowest BCUT2D eigenvalue weighted by Crippen LogP contribution is -2.64. The van der Waals surface area contributed by atoms with Crippen molar-refractivity contribution in [1.82, 2.24) is 0 Å². The van der Waals surface area contributed by atoms with Gasteiger partial charge in [-0.1, -0.05) is 0 Å². The van der Waals surface area contributed by atoms with E-state index in [4.69, 9.17) is 29.2 Å². The Hall–Kier alpha value is -1.06. The van der Waals surface area contributed by atoms with Gasteiger partial charge in [-0.2, -0.15) is 8.42 Å². The van der Waals surface area contributed by atoms with Gasteiger partial charge >= 0.3 is 10.4 Å². The van der Waals surface area contributed by atoms with E-state index in [1.54, 1.807) is 0 Å². The zero-order valence-corrected chi connectivity index (χ0v) is 20.4. The molecule has 0 aromatic carbocycles. The fourth-order valence-electron chi connectivity index (χ4n) is 3.80. The van der Waals surface area contributed by atoms with Crippen molar-refractivity contribution in [1.29, 1.82) is 0 Å². The molecule has 2 heterocycles. The number of rotatable bonds is 13. The molecule has 16 nitrogen and oxygen atoms in total. The smallest absolute Gasteiger partial charge is 0.397 e. The maximum absolute atomic E-state index is 11.7. The van der Waals surface area contributed by atoms with Crippen LogP contribution in [-0.4, -0.2) is 132 Å². The number of aliphatic hydroxyl groups is 5. The predicted molar refractivity (Wildman–Crippen MR) is 117 cm³/mol. The summed E-state index contributed by atoms with van der Waals surface area (Å²) in [5.74, 6) is -0.696. The second-order valence-corrected chi connectivity index (χ2v) is 9.49. The molecule has 10 atom stereocenters. The van der Waals surface area contributed by atoms with E-state index in [0.717, 1.165) is 19.8 Å². The van der Waals surface area contributed by atoms with Crippen LogP contribution in [0, 0.1) is 0 Å². The van der Waals surface area contributed by atoms with Crippen LogP contribution in [-0.2, 0) is 33.5 Å². The molecule has 2 rings (SSSR count). The molecule has 212 valence electrons. The van der Waals surface area contributed by atoms with Crippen LogP contribution in [0.5, 0.6) is 0 Å². The molecule has 2 aliphatic heterocycles. The van der Waals surface area contributed by atoms with Gasteiger partial charge in [-0.05, 0) is 38.6 Å². The second kappa shape index (κ2) is 14.2. The average molecular weight is 548 g/mol. The number of aliphatic imine (C=N–C) groups is 1. The lowest BCUT2D eigenvalue weighted by Gasteiger charge is -2.46. The van der Waals surface area contributed by atoms with E-state index in [1.165, 1.54) is 0 Å². The van der Waals surface area contributed by atoms with Crippen molar-refractivity contribution in [2.45, 2.75) is 87.5 Å². The van der Waals surface area contributed by atoms with Gasteiger partial charge in [0.1, 0.15) is 48.8 Å². The van der Waals surface area contributed by atoms with Gasteiger partial charge in [0.15, 0.2) is 12.6 Å². The lowest BCUT2D eigenvalue weighted by molar-refractivity contribution is -0.346. The van der Waals surface area contributed by atoms with Gasteiger partial charge in [0.25, 0.3) is 0 Å². The maximum atomic E-state index is 11.7. The molecule has 17 heteroatoms. The number of aliphatic hydroxyl groups excluding tert-OH is 5. The van der Waals surface area contributed by atoms with E-state index in [9.17, 15) is 39.1 Å². The van der Waals surface area contributed by atoms with Gasteiger partial charge in [-0.3, -0.25) is 9.55 Å². The molecule has 0 aromatic rings. The van der Waals surface area contributed by atoms with Crippen LogP contribution in [0.4, 0.5) is 0 Å². The van der Waals surface area contributed by atoms with Crippen LogP contribution in [0.1, 0.15) is 26.2 Å². The Bertz CT molecular complexity index is 795. The molecule has 0 aromatic heterocycles. The molecular formula is C19H35N2O14S-. The summed E-state index contributed by atoms with van der Waals surface area (Å²) >= 11 is 0. The number of hydrogen-bond donors (Lipinski definition) is 7. The highest BCUT2D eigenvalue weighted by Gasteiger charge is 2.51. The first-order valence-electron chi connectivity index (χ1n) is 11.3. The van der Waals surface area contributed by atoms with Gasteiger partial charge in [0.2, 0.25) is 0 Å². The monoisotopic (exact) mass is 547 g/mol. The topological polar surface area (TPSA) is 263 Å². The highest BCUT2D eigenvalue weighted by atomic mass is 32.3. The number of nitrogens with zero attached hydrogens (tertiary/aromatic N) is 1. The zero-order valence-electron chi connectivity index (χ0n) is 19.6. The zero-order chi connectivity index (χ0) is 27.0. The molecule has 0 saturated carbocycles. The Morgan fingerprint density at radius 3 is 2.25 bits per heavy atom. The molecule has 2 aliphatic rings. The minimum absolute atomic E-state index is 0.116. The molecule has 8 N–H and O–H groups in total. The summed E-state index contributed by atoms with van der Waals surface area (Å²) in [5, 5.41) is 62.4. The van der Waals surface area contributed by atoms with E-state index in [2.05, 4.69) is 9.18 Å². The summed E-state index contributed by atoms with van der Waals surface area (Å²) in [4.78, 5) is 3.80. The minimum atomic E-state index is -4.95. The molecule has 2 saturated heterocycles. The minimum Gasteiger partial charge on any atom is -0.862 e. The van der Waals surface area contributed by atoms with Crippen LogP contribution in [0.3, 0.4) is 0 Å². The third-order valence-electron chi connectivity index (χ3n) is 5.62. The predicted octanol–water partition coefficient (Wildman–Crippen LogP) is -4.63. The number of nitrogens with two attached hydrogens (primary N) is 1. The van der Waals surface area contributed by atoms with E-state index < -0.39 is 90.9 Å². The summed E-state index contributed by atoms with van der Waals surface area (Å²) in [6, 6.07) is -1.37. The van der Waals surface area contributed by atoms with E-state index in [1.807, 2.05) is 0 Å². The molecule has 2 fully saturated rings. The van der Waals surface area contributed by atoms with E-state index in [-0.39, 0.29) is 6.61 Å². The summed E-state index contributed by atoms with van der Waals surface area (Å²) in [5.41, 5.74) is 5.45. The van der Waals surface area contributed by atoms with E-state index in [0.29, 0.717) is 13.0 Å². The van der Waals surface area contributed by atoms with Crippen LogP contribution in [0.25, 0.3) is 0 Å². The first-order valence-corrected chi connectivity index (χ1v) is 12.7. The maximum Gasteiger partial charge on any atom is 0.397 e. The first kappa shape index (κ1) is 31.2. The van der Waals surface area contributed by atoms with Gasteiger partial charge in [0, 0.05) is 6.61 Å². The second-order valence-electron chi connectivity index (χ2n) is 8.40. The highest BCUT2D eigenvalue weighted by Crippen LogP contribution is 2.31. The van der Waals surface area contributed by atoms with Crippen LogP contribution in [0.2, 0.25) is 0 Å². The van der Waals surface area contributed by atoms with Crippen molar-refractivity contribution in [3.05, 3.63) is 0 Å². The fraction of sp³-hybridized carbons (Fsp3) is 0.947. The lowest BCUT2D eigenvalue weighted by atomic mass is 9.96. The molecule has 0 radical (unpaired) electrons. The van der Waals surface area contributed by atoms with Crippen LogP contribution >= 0.6 is 0 Å². The third-order valence-corrected chi connectivity index (χ3v) is 6.06. The average Bonchev–Trinajstić information content (AvgIpc) is 2.80. The third kappa shape index (κ3) is 8.76. The summed E-state index contributed by atoms with van der Waals surface area (Å²) < 4.78 is 57.8. The van der Waals surface area contributed by atoms with Crippen molar-refractivity contribution >= 4 is 16.3 Å². The number of hydrogen-bond acceptors (Lipinski definition) is 15. The van der Waals surface area contributed by atoms with E-state index >= 15 is 0 Å².